The van der Waals surface area contributed by atoms with E-state index >= 15 is 0 Å². The molecule has 0 spiro atoms. The number of benzene rings is 1. The first kappa shape index (κ1) is 16.4. The quantitative estimate of drug-likeness (QED) is 0.872. The number of carbonyl (C=O) groups excluding carboxylic acids is 1. The van der Waals surface area contributed by atoms with Crippen molar-refractivity contribution in [1.82, 2.24) is 9.78 Å². The summed E-state index contributed by atoms with van der Waals surface area (Å²) in [6.07, 6.45) is 1.62. The van der Waals surface area contributed by atoms with E-state index < -0.39 is 6.61 Å². The zero-order chi connectivity index (χ0) is 16.3. The van der Waals surface area contributed by atoms with Crippen molar-refractivity contribution in [3.8, 4) is 5.75 Å². The maximum absolute atomic E-state index is 12.1. The second-order valence-electron chi connectivity index (χ2n) is 4.64. The highest BCUT2D eigenvalue weighted by molar-refractivity contribution is 9.10. The first-order valence-corrected chi connectivity index (χ1v) is 7.19. The third-order valence-corrected chi connectivity index (χ3v) is 3.81. The highest BCUT2D eigenvalue weighted by Gasteiger charge is 2.11. The molecular weight excluding hydrogens is 360 g/mol. The number of aromatic nitrogens is 2. The monoisotopic (exact) mass is 373 g/mol. The summed E-state index contributed by atoms with van der Waals surface area (Å²) >= 11 is 3.32. The molecule has 5 nitrogen and oxygen atoms in total. The number of aryl methyl sites for hydroxylation is 1. The third-order valence-electron chi connectivity index (χ3n) is 3.03. The van der Waals surface area contributed by atoms with Crippen LogP contribution in [0.15, 0.2) is 28.9 Å². The van der Waals surface area contributed by atoms with Crippen LogP contribution in [0.3, 0.4) is 0 Å². The Morgan fingerprint density at radius 2 is 2.18 bits per heavy atom. The van der Waals surface area contributed by atoms with Crippen LogP contribution >= 0.6 is 15.9 Å². The van der Waals surface area contributed by atoms with Crippen LogP contribution in [0.25, 0.3) is 0 Å². The predicted octanol–water partition coefficient (Wildman–Crippen LogP) is 3.50. The van der Waals surface area contributed by atoms with E-state index in [4.69, 9.17) is 0 Å². The Morgan fingerprint density at radius 3 is 2.73 bits per heavy atom. The highest BCUT2D eigenvalue weighted by Crippen LogP contribution is 2.23. The molecule has 0 aliphatic heterocycles. The van der Waals surface area contributed by atoms with Gasteiger partial charge in [-0.2, -0.15) is 13.9 Å². The van der Waals surface area contributed by atoms with Crippen LogP contribution in [-0.4, -0.2) is 22.3 Å². The molecule has 8 heteroatoms. The SMILES string of the molecule is Cc1cc(OC(F)F)ccc1NC(=O)Cn1ncc(Br)c1C. The molecule has 0 fully saturated rings. The first-order valence-electron chi connectivity index (χ1n) is 6.40. The van der Waals surface area contributed by atoms with Crippen LogP contribution in [0.4, 0.5) is 14.5 Å². The molecule has 0 atom stereocenters. The zero-order valence-electron chi connectivity index (χ0n) is 11.9. The fourth-order valence-electron chi connectivity index (χ4n) is 1.86. The molecule has 0 aliphatic rings. The number of halogens is 3. The molecule has 1 amide bonds. The topological polar surface area (TPSA) is 56.1 Å². The minimum Gasteiger partial charge on any atom is -0.435 e. The summed E-state index contributed by atoms with van der Waals surface area (Å²) in [4.78, 5) is 12.0. The molecule has 0 unspecified atom stereocenters. The fourth-order valence-corrected chi connectivity index (χ4v) is 2.16. The maximum Gasteiger partial charge on any atom is 0.387 e. The van der Waals surface area contributed by atoms with E-state index in [9.17, 15) is 13.6 Å². The lowest BCUT2D eigenvalue weighted by molar-refractivity contribution is -0.117. The van der Waals surface area contributed by atoms with E-state index in [0.717, 1.165) is 10.2 Å². The van der Waals surface area contributed by atoms with Gasteiger partial charge in [-0.05, 0) is 53.5 Å². The second kappa shape index (κ2) is 6.87. The van der Waals surface area contributed by atoms with Gasteiger partial charge in [-0.3, -0.25) is 9.48 Å². The molecule has 22 heavy (non-hydrogen) atoms. The number of nitrogens with one attached hydrogen (secondary N) is 1. The average Bonchev–Trinajstić information content (AvgIpc) is 2.73. The van der Waals surface area contributed by atoms with E-state index in [2.05, 4.69) is 31.1 Å². The first-order chi connectivity index (χ1) is 10.4. The molecule has 118 valence electrons. The van der Waals surface area contributed by atoms with Gasteiger partial charge in [0.05, 0.1) is 16.4 Å². The van der Waals surface area contributed by atoms with Crippen LogP contribution < -0.4 is 10.1 Å². The number of ether oxygens (including phenoxy) is 1. The summed E-state index contributed by atoms with van der Waals surface area (Å²) in [6, 6.07) is 4.35. The molecule has 2 aromatic rings. The van der Waals surface area contributed by atoms with Gasteiger partial charge in [0.15, 0.2) is 0 Å². The number of nitrogens with zero attached hydrogens (tertiary/aromatic N) is 2. The summed E-state index contributed by atoms with van der Waals surface area (Å²) < 4.78 is 31.0. The van der Waals surface area contributed by atoms with E-state index in [1.807, 2.05) is 6.92 Å². The molecule has 2 rings (SSSR count). The summed E-state index contributed by atoms with van der Waals surface area (Å²) in [6.45, 7) is 0.725. The molecule has 0 bridgehead atoms. The van der Waals surface area contributed by atoms with Crippen molar-refractivity contribution in [2.45, 2.75) is 27.0 Å². The number of carbonyl (C=O) groups is 1. The number of anilines is 1. The van der Waals surface area contributed by atoms with Crippen LogP contribution in [-0.2, 0) is 11.3 Å². The van der Waals surface area contributed by atoms with Crippen molar-refractivity contribution in [3.63, 3.8) is 0 Å². The molecule has 1 aromatic heterocycles. The van der Waals surface area contributed by atoms with Crippen molar-refractivity contribution < 1.29 is 18.3 Å². The molecule has 1 aromatic carbocycles. The zero-order valence-corrected chi connectivity index (χ0v) is 13.5. The van der Waals surface area contributed by atoms with Gasteiger partial charge in [-0.15, -0.1) is 0 Å². The molecular formula is C14H14BrF2N3O2. The summed E-state index contributed by atoms with van der Waals surface area (Å²) in [5, 5.41) is 6.79. The maximum atomic E-state index is 12.1. The highest BCUT2D eigenvalue weighted by atomic mass is 79.9. The predicted molar refractivity (Wildman–Crippen MR) is 81.1 cm³/mol. The summed E-state index contributed by atoms with van der Waals surface area (Å²) in [5.41, 5.74) is 2.01. The number of amides is 1. The number of rotatable bonds is 5. The van der Waals surface area contributed by atoms with Crippen molar-refractivity contribution in [3.05, 3.63) is 40.1 Å². The van der Waals surface area contributed by atoms with Gasteiger partial charge in [0.2, 0.25) is 5.91 Å². The third kappa shape index (κ3) is 4.03. The van der Waals surface area contributed by atoms with Crippen LogP contribution in [0, 0.1) is 13.8 Å². The molecule has 1 heterocycles. The lowest BCUT2D eigenvalue weighted by atomic mass is 10.2. The minimum atomic E-state index is -2.87. The van der Waals surface area contributed by atoms with E-state index in [0.29, 0.717) is 11.3 Å². The second-order valence-corrected chi connectivity index (χ2v) is 5.49. The number of hydrogen-bond acceptors (Lipinski definition) is 3. The average molecular weight is 374 g/mol. The molecule has 1 N–H and O–H groups in total. The normalized spacial score (nSPS) is 10.8. The van der Waals surface area contributed by atoms with Crippen molar-refractivity contribution in [2.24, 2.45) is 0 Å². The van der Waals surface area contributed by atoms with Crippen LogP contribution in [0.5, 0.6) is 5.75 Å². The Hall–Kier alpha value is -1.96. The van der Waals surface area contributed by atoms with Gasteiger partial charge < -0.3 is 10.1 Å². The Morgan fingerprint density at radius 1 is 1.45 bits per heavy atom. The standard InChI is InChI=1S/C14H14BrF2N3O2/c1-8-5-10(22-14(16)17)3-4-12(8)19-13(21)7-20-9(2)11(15)6-18-20/h3-6,14H,7H2,1-2H3,(H,19,21). The Kier molecular flexibility index (Phi) is 5.12. The van der Waals surface area contributed by atoms with Crippen LogP contribution in [0.2, 0.25) is 0 Å². The molecule has 0 saturated carbocycles. The smallest absolute Gasteiger partial charge is 0.387 e. The van der Waals surface area contributed by atoms with E-state index in [-0.39, 0.29) is 18.2 Å². The molecule has 0 radical (unpaired) electrons. The fraction of sp³-hybridized carbons (Fsp3) is 0.286. The lowest BCUT2D eigenvalue weighted by Crippen LogP contribution is -2.20. The minimum absolute atomic E-state index is 0.0531. The number of alkyl halides is 2. The molecule has 0 aliphatic carbocycles. The molecule has 0 saturated heterocycles. The Labute approximate surface area is 134 Å². The van der Waals surface area contributed by atoms with Gasteiger partial charge in [0, 0.05) is 5.69 Å². The van der Waals surface area contributed by atoms with Crippen molar-refractivity contribution in [1.29, 1.82) is 0 Å². The van der Waals surface area contributed by atoms with Gasteiger partial charge in [-0.25, -0.2) is 0 Å². The number of hydrogen-bond donors (Lipinski definition) is 1. The van der Waals surface area contributed by atoms with Gasteiger partial charge in [0.25, 0.3) is 0 Å². The van der Waals surface area contributed by atoms with Gasteiger partial charge >= 0.3 is 6.61 Å². The Balaban J connectivity index is 2.04. The van der Waals surface area contributed by atoms with Gasteiger partial charge in [-0.1, -0.05) is 0 Å². The lowest BCUT2D eigenvalue weighted by Gasteiger charge is -2.11. The van der Waals surface area contributed by atoms with E-state index in [1.54, 1.807) is 17.8 Å². The van der Waals surface area contributed by atoms with Crippen molar-refractivity contribution in [2.75, 3.05) is 5.32 Å². The largest absolute Gasteiger partial charge is 0.435 e. The Bertz CT molecular complexity index is 689. The summed E-state index contributed by atoms with van der Waals surface area (Å²) in [7, 11) is 0. The van der Waals surface area contributed by atoms with Crippen molar-refractivity contribution >= 4 is 27.5 Å². The summed E-state index contributed by atoms with van der Waals surface area (Å²) in [5.74, 6) is -0.207. The van der Waals surface area contributed by atoms with E-state index in [1.165, 1.54) is 18.2 Å². The van der Waals surface area contributed by atoms with Gasteiger partial charge in [0.1, 0.15) is 12.3 Å². The van der Waals surface area contributed by atoms with Crippen LogP contribution in [0.1, 0.15) is 11.3 Å².